The molecule has 1 aromatic heterocycles. The molecule has 0 radical (unpaired) electrons. The number of amides is 1. The maximum Gasteiger partial charge on any atom is 0.230 e. The Kier molecular flexibility index (Phi) is 1.56. The van der Waals surface area contributed by atoms with Crippen LogP contribution in [0.1, 0.15) is 30.1 Å². The first-order valence-corrected chi connectivity index (χ1v) is 4.98. The van der Waals surface area contributed by atoms with Crippen LogP contribution in [0.4, 0.5) is 5.82 Å². The van der Waals surface area contributed by atoms with E-state index in [1.165, 1.54) is 0 Å². The predicted molar refractivity (Wildman–Crippen MR) is 51.4 cm³/mol. The summed E-state index contributed by atoms with van der Waals surface area (Å²) >= 11 is 5.97. The van der Waals surface area contributed by atoms with Gasteiger partial charge in [0.1, 0.15) is 16.8 Å². The highest BCUT2D eigenvalue weighted by Gasteiger charge is 2.30. The van der Waals surface area contributed by atoms with Gasteiger partial charge in [0, 0.05) is 11.5 Å². The number of nitrogens with one attached hydrogen (secondary N) is 1. The summed E-state index contributed by atoms with van der Waals surface area (Å²) in [5, 5.41) is 3.11. The average molecular weight is 210 g/mol. The van der Waals surface area contributed by atoms with Gasteiger partial charge in [-0.15, -0.1) is 0 Å². The summed E-state index contributed by atoms with van der Waals surface area (Å²) < 4.78 is 0. The van der Waals surface area contributed by atoms with Crippen LogP contribution in [-0.2, 0) is 11.2 Å². The van der Waals surface area contributed by atoms with Crippen LogP contribution >= 0.6 is 11.6 Å². The molecule has 0 aromatic carbocycles. The van der Waals surface area contributed by atoms with Gasteiger partial charge in [-0.25, -0.2) is 9.97 Å². The van der Waals surface area contributed by atoms with Crippen LogP contribution in [0.15, 0.2) is 0 Å². The summed E-state index contributed by atoms with van der Waals surface area (Å²) in [6.07, 6.45) is 2.56. The lowest BCUT2D eigenvalue weighted by Gasteiger charge is -2.02. The van der Waals surface area contributed by atoms with Gasteiger partial charge in [-0.2, -0.15) is 0 Å². The van der Waals surface area contributed by atoms with Crippen molar-refractivity contribution < 1.29 is 4.79 Å². The van der Waals surface area contributed by atoms with Crippen LogP contribution in [0.25, 0.3) is 0 Å². The molecule has 1 aliphatic carbocycles. The Morgan fingerprint density at radius 1 is 1.36 bits per heavy atom. The third kappa shape index (κ3) is 1.18. The second-order valence-corrected chi connectivity index (χ2v) is 4.06. The minimum absolute atomic E-state index is 0.0517. The molecule has 5 heteroatoms. The fourth-order valence-electron chi connectivity index (χ4n) is 1.59. The molecule has 1 aromatic rings. The number of halogens is 1. The van der Waals surface area contributed by atoms with E-state index in [0.717, 1.165) is 24.2 Å². The van der Waals surface area contributed by atoms with E-state index in [-0.39, 0.29) is 5.91 Å². The summed E-state index contributed by atoms with van der Waals surface area (Å²) in [6, 6.07) is 0. The van der Waals surface area contributed by atoms with Crippen LogP contribution in [-0.4, -0.2) is 15.9 Å². The van der Waals surface area contributed by atoms with Crippen molar-refractivity contribution in [3.05, 3.63) is 16.5 Å². The Labute approximate surface area is 85.7 Å². The molecule has 1 amide bonds. The van der Waals surface area contributed by atoms with Gasteiger partial charge in [-0.3, -0.25) is 4.79 Å². The fraction of sp³-hybridized carbons (Fsp3) is 0.444. The normalized spacial score (nSPS) is 19.4. The summed E-state index contributed by atoms with van der Waals surface area (Å²) in [5.41, 5.74) is 0.737. The van der Waals surface area contributed by atoms with Crippen LogP contribution in [0.2, 0.25) is 5.15 Å². The van der Waals surface area contributed by atoms with E-state index in [0.29, 0.717) is 23.3 Å². The maximum absolute atomic E-state index is 11.1. The zero-order chi connectivity index (χ0) is 9.71. The quantitative estimate of drug-likeness (QED) is 0.714. The summed E-state index contributed by atoms with van der Waals surface area (Å²) in [7, 11) is 0. The van der Waals surface area contributed by atoms with E-state index in [2.05, 4.69) is 15.3 Å². The molecule has 72 valence electrons. The van der Waals surface area contributed by atoms with Gasteiger partial charge in [0.25, 0.3) is 0 Å². The molecule has 1 aliphatic heterocycles. The van der Waals surface area contributed by atoms with E-state index in [9.17, 15) is 4.79 Å². The molecule has 4 nitrogen and oxygen atoms in total. The number of hydrogen-bond acceptors (Lipinski definition) is 3. The topological polar surface area (TPSA) is 54.9 Å². The maximum atomic E-state index is 11.1. The SMILES string of the molecule is O=C1Cc2c(Cl)nc(C3CC3)nc2N1. The molecule has 0 atom stereocenters. The number of carbonyl (C=O) groups is 1. The molecule has 1 saturated carbocycles. The lowest BCUT2D eigenvalue weighted by atomic mass is 10.2. The van der Waals surface area contributed by atoms with Crippen LogP contribution in [0.5, 0.6) is 0 Å². The Morgan fingerprint density at radius 3 is 2.86 bits per heavy atom. The molecule has 1 fully saturated rings. The molecule has 2 aliphatic rings. The Morgan fingerprint density at radius 2 is 2.14 bits per heavy atom. The minimum atomic E-state index is -0.0517. The van der Waals surface area contributed by atoms with Gasteiger partial charge in [0.15, 0.2) is 0 Å². The molecule has 2 heterocycles. The van der Waals surface area contributed by atoms with E-state index >= 15 is 0 Å². The number of rotatable bonds is 1. The van der Waals surface area contributed by atoms with Gasteiger partial charge >= 0.3 is 0 Å². The van der Waals surface area contributed by atoms with E-state index in [4.69, 9.17) is 11.6 Å². The van der Waals surface area contributed by atoms with Crippen LogP contribution in [0, 0.1) is 0 Å². The van der Waals surface area contributed by atoms with Crippen molar-refractivity contribution in [2.24, 2.45) is 0 Å². The lowest BCUT2D eigenvalue weighted by molar-refractivity contribution is -0.115. The first kappa shape index (κ1) is 8.17. The summed E-state index contributed by atoms with van der Waals surface area (Å²) in [4.78, 5) is 19.6. The number of aromatic nitrogens is 2. The standard InChI is InChI=1S/C9H8ClN3O/c10-7-5-3-6(14)11-9(5)13-8(12-7)4-1-2-4/h4H,1-3H2,(H,11,12,13,14). The number of anilines is 1. The van der Waals surface area contributed by atoms with E-state index in [1.807, 2.05) is 0 Å². The Hall–Kier alpha value is -1.16. The molecule has 0 bridgehead atoms. The van der Waals surface area contributed by atoms with Crippen molar-refractivity contribution in [2.45, 2.75) is 25.2 Å². The van der Waals surface area contributed by atoms with Gasteiger partial charge in [0.2, 0.25) is 5.91 Å². The van der Waals surface area contributed by atoms with Crippen molar-refractivity contribution in [3.63, 3.8) is 0 Å². The highest BCUT2D eigenvalue weighted by Crippen LogP contribution is 2.40. The second kappa shape index (κ2) is 2.67. The van der Waals surface area contributed by atoms with E-state index in [1.54, 1.807) is 0 Å². The largest absolute Gasteiger partial charge is 0.310 e. The third-order valence-electron chi connectivity index (χ3n) is 2.51. The van der Waals surface area contributed by atoms with Gasteiger partial charge < -0.3 is 5.32 Å². The zero-order valence-electron chi connectivity index (χ0n) is 7.38. The minimum Gasteiger partial charge on any atom is -0.310 e. The van der Waals surface area contributed by atoms with Gasteiger partial charge in [-0.05, 0) is 12.8 Å². The van der Waals surface area contributed by atoms with Gasteiger partial charge in [-0.1, -0.05) is 11.6 Å². The first-order chi connectivity index (χ1) is 6.74. The Bertz CT molecular complexity index is 428. The van der Waals surface area contributed by atoms with Crippen molar-refractivity contribution in [3.8, 4) is 0 Å². The monoisotopic (exact) mass is 209 g/mol. The molecular formula is C9H8ClN3O. The summed E-state index contributed by atoms with van der Waals surface area (Å²) in [6.45, 7) is 0. The molecule has 14 heavy (non-hydrogen) atoms. The second-order valence-electron chi connectivity index (χ2n) is 3.70. The zero-order valence-corrected chi connectivity index (χ0v) is 8.14. The molecular weight excluding hydrogens is 202 g/mol. The molecule has 0 spiro atoms. The number of hydrogen-bond donors (Lipinski definition) is 1. The Balaban J connectivity index is 2.10. The van der Waals surface area contributed by atoms with Crippen LogP contribution < -0.4 is 5.32 Å². The van der Waals surface area contributed by atoms with Gasteiger partial charge in [0.05, 0.1) is 6.42 Å². The first-order valence-electron chi connectivity index (χ1n) is 4.60. The van der Waals surface area contributed by atoms with Crippen molar-refractivity contribution in [2.75, 3.05) is 5.32 Å². The van der Waals surface area contributed by atoms with Crippen molar-refractivity contribution in [1.29, 1.82) is 0 Å². The van der Waals surface area contributed by atoms with Crippen molar-refractivity contribution >= 4 is 23.3 Å². The smallest absolute Gasteiger partial charge is 0.230 e. The highest BCUT2D eigenvalue weighted by molar-refractivity contribution is 6.31. The predicted octanol–water partition coefficient (Wildman–Crippen LogP) is 1.50. The number of nitrogens with zero attached hydrogens (tertiary/aromatic N) is 2. The van der Waals surface area contributed by atoms with E-state index < -0.39 is 0 Å². The van der Waals surface area contributed by atoms with Crippen LogP contribution in [0.3, 0.4) is 0 Å². The number of fused-ring (bicyclic) bond motifs is 1. The molecule has 0 saturated heterocycles. The lowest BCUT2D eigenvalue weighted by Crippen LogP contribution is -2.04. The van der Waals surface area contributed by atoms with Crippen molar-refractivity contribution in [1.82, 2.24) is 9.97 Å². The molecule has 3 rings (SSSR count). The molecule has 0 unspecified atom stereocenters. The molecule has 1 N–H and O–H groups in total. The highest BCUT2D eigenvalue weighted by atomic mass is 35.5. The average Bonchev–Trinajstić information content (AvgIpc) is 2.89. The number of carbonyl (C=O) groups excluding carboxylic acids is 1. The summed E-state index contributed by atoms with van der Waals surface area (Å²) in [5.74, 6) is 1.78. The fourth-order valence-corrected chi connectivity index (χ4v) is 1.84. The third-order valence-corrected chi connectivity index (χ3v) is 2.82.